The molecule has 0 radical (unpaired) electrons. The van der Waals surface area contributed by atoms with E-state index in [1.54, 1.807) is 28.0 Å². The minimum Gasteiger partial charge on any atom is -0.486 e. The number of furan rings is 2. The van der Waals surface area contributed by atoms with E-state index in [4.69, 9.17) is 18.3 Å². The van der Waals surface area contributed by atoms with Gasteiger partial charge in [-0.2, -0.15) is 0 Å². The summed E-state index contributed by atoms with van der Waals surface area (Å²) >= 11 is 0. The second-order valence-corrected chi connectivity index (χ2v) is 7.09. The third kappa shape index (κ3) is 5.18. The number of amides is 2. The summed E-state index contributed by atoms with van der Waals surface area (Å²) in [5, 5.41) is 0. The van der Waals surface area contributed by atoms with E-state index in [1.807, 2.05) is 30.3 Å². The van der Waals surface area contributed by atoms with Crippen molar-refractivity contribution in [3.05, 3.63) is 78.1 Å². The molecule has 3 aromatic rings. The Labute approximate surface area is 184 Å². The van der Waals surface area contributed by atoms with Crippen molar-refractivity contribution in [1.29, 1.82) is 0 Å². The molecule has 1 saturated heterocycles. The van der Waals surface area contributed by atoms with Gasteiger partial charge in [-0.1, -0.05) is 18.2 Å². The van der Waals surface area contributed by atoms with Crippen LogP contribution < -0.4 is 4.74 Å². The fourth-order valence-electron chi connectivity index (χ4n) is 3.24. The lowest BCUT2D eigenvalue weighted by Gasteiger charge is -2.34. The molecule has 9 heteroatoms. The van der Waals surface area contributed by atoms with Crippen molar-refractivity contribution in [2.24, 2.45) is 0 Å². The molecule has 1 aromatic carbocycles. The van der Waals surface area contributed by atoms with Crippen molar-refractivity contribution in [2.45, 2.75) is 6.61 Å². The predicted octanol–water partition coefficient (Wildman–Crippen LogP) is 2.59. The molecule has 0 spiro atoms. The van der Waals surface area contributed by atoms with Gasteiger partial charge in [-0.3, -0.25) is 9.59 Å². The molecule has 32 heavy (non-hydrogen) atoms. The van der Waals surface area contributed by atoms with Crippen molar-refractivity contribution in [3.63, 3.8) is 0 Å². The highest BCUT2D eigenvalue weighted by atomic mass is 16.6. The lowest BCUT2D eigenvalue weighted by molar-refractivity contribution is -0.136. The van der Waals surface area contributed by atoms with Crippen LogP contribution in [-0.2, 0) is 16.1 Å². The third-order valence-corrected chi connectivity index (χ3v) is 4.97. The zero-order chi connectivity index (χ0) is 22.3. The second-order valence-electron chi connectivity index (χ2n) is 7.09. The maximum Gasteiger partial charge on any atom is 0.374 e. The summed E-state index contributed by atoms with van der Waals surface area (Å²) < 4.78 is 21.2. The van der Waals surface area contributed by atoms with Crippen LogP contribution in [0, 0.1) is 0 Å². The van der Waals surface area contributed by atoms with Gasteiger partial charge < -0.3 is 28.1 Å². The number of hydrogen-bond acceptors (Lipinski definition) is 7. The fourth-order valence-corrected chi connectivity index (χ4v) is 3.24. The van der Waals surface area contributed by atoms with Gasteiger partial charge in [-0.05, 0) is 36.4 Å². The number of para-hydroxylation sites is 1. The Balaban J connectivity index is 1.20. The van der Waals surface area contributed by atoms with E-state index < -0.39 is 12.6 Å². The molecule has 0 unspecified atom stereocenters. The summed E-state index contributed by atoms with van der Waals surface area (Å²) in [6.45, 7) is 1.22. The summed E-state index contributed by atoms with van der Waals surface area (Å²) in [5.41, 5.74) is 0. The highest BCUT2D eigenvalue weighted by Crippen LogP contribution is 2.15. The Morgan fingerprint density at radius 3 is 2.31 bits per heavy atom. The molecule has 1 aliphatic rings. The highest BCUT2D eigenvalue weighted by Gasteiger charge is 2.26. The Morgan fingerprint density at radius 1 is 0.844 bits per heavy atom. The van der Waals surface area contributed by atoms with Crippen LogP contribution in [0.4, 0.5) is 0 Å². The van der Waals surface area contributed by atoms with E-state index in [9.17, 15) is 14.4 Å². The summed E-state index contributed by atoms with van der Waals surface area (Å²) in [6, 6.07) is 15.6. The van der Waals surface area contributed by atoms with Gasteiger partial charge in [-0.15, -0.1) is 0 Å². The SMILES string of the molecule is O=C(OCC(=O)N1CCN(C(=O)c2ccco2)CC1)c1ccc(COc2ccccc2)o1. The largest absolute Gasteiger partial charge is 0.486 e. The van der Waals surface area contributed by atoms with Crippen LogP contribution in [0.25, 0.3) is 0 Å². The van der Waals surface area contributed by atoms with Crippen LogP contribution in [0.3, 0.4) is 0 Å². The molecule has 0 aliphatic carbocycles. The van der Waals surface area contributed by atoms with Crippen molar-refractivity contribution in [3.8, 4) is 5.75 Å². The molecule has 3 heterocycles. The molecular formula is C23H22N2O7. The molecule has 0 atom stereocenters. The number of hydrogen-bond donors (Lipinski definition) is 0. The molecule has 166 valence electrons. The van der Waals surface area contributed by atoms with Crippen LogP contribution in [0.1, 0.15) is 26.9 Å². The van der Waals surface area contributed by atoms with Gasteiger partial charge in [0.15, 0.2) is 12.4 Å². The lowest BCUT2D eigenvalue weighted by Crippen LogP contribution is -2.51. The van der Waals surface area contributed by atoms with Gasteiger partial charge in [0.05, 0.1) is 6.26 Å². The van der Waals surface area contributed by atoms with Crippen molar-refractivity contribution in [2.75, 3.05) is 32.8 Å². The molecule has 0 saturated carbocycles. The highest BCUT2D eigenvalue weighted by molar-refractivity contribution is 5.92. The van der Waals surface area contributed by atoms with Gasteiger partial charge in [0.2, 0.25) is 5.76 Å². The number of esters is 1. The number of rotatable bonds is 7. The normalized spacial score (nSPS) is 13.6. The Hall–Kier alpha value is -4.01. The molecule has 1 aliphatic heterocycles. The maximum absolute atomic E-state index is 12.4. The first-order valence-electron chi connectivity index (χ1n) is 10.1. The van der Waals surface area contributed by atoms with Crippen molar-refractivity contribution >= 4 is 17.8 Å². The van der Waals surface area contributed by atoms with Gasteiger partial charge >= 0.3 is 5.97 Å². The van der Waals surface area contributed by atoms with Crippen molar-refractivity contribution in [1.82, 2.24) is 9.80 Å². The van der Waals surface area contributed by atoms with E-state index in [0.717, 1.165) is 0 Å². The second kappa shape index (κ2) is 9.86. The molecule has 0 N–H and O–H groups in total. The monoisotopic (exact) mass is 438 g/mol. The average Bonchev–Trinajstić information content (AvgIpc) is 3.54. The minimum atomic E-state index is -0.726. The minimum absolute atomic E-state index is 0.00155. The first kappa shape index (κ1) is 21.2. The molecule has 2 aromatic heterocycles. The molecule has 2 amide bonds. The number of nitrogens with zero attached hydrogens (tertiary/aromatic N) is 2. The van der Waals surface area contributed by atoms with Gasteiger partial charge in [0.1, 0.15) is 18.1 Å². The maximum atomic E-state index is 12.4. The molecule has 9 nitrogen and oxygen atoms in total. The number of benzene rings is 1. The number of carbonyl (C=O) groups excluding carboxylic acids is 3. The predicted molar refractivity (Wildman–Crippen MR) is 111 cm³/mol. The van der Waals surface area contributed by atoms with Crippen LogP contribution in [0.2, 0.25) is 0 Å². The van der Waals surface area contributed by atoms with Crippen LogP contribution in [0.5, 0.6) is 5.75 Å². The Kier molecular flexibility index (Phi) is 6.54. The number of piperazine rings is 1. The van der Waals surface area contributed by atoms with E-state index in [-0.39, 0.29) is 29.9 Å². The summed E-state index contributed by atoms with van der Waals surface area (Å²) in [6.07, 6.45) is 1.44. The third-order valence-electron chi connectivity index (χ3n) is 4.97. The van der Waals surface area contributed by atoms with Gasteiger partial charge in [-0.25, -0.2) is 4.79 Å². The standard InChI is InChI=1S/C23H22N2O7/c26-21(24-10-12-25(13-11-24)22(27)19-7-4-14-29-19)16-31-23(28)20-9-8-18(32-20)15-30-17-5-2-1-3-6-17/h1-9,14H,10-13,15-16H2. The smallest absolute Gasteiger partial charge is 0.374 e. The average molecular weight is 438 g/mol. The van der Waals surface area contributed by atoms with E-state index >= 15 is 0 Å². The zero-order valence-electron chi connectivity index (χ0n) is 17.3. The topological polar surface area (TPSA) is 102 Å². The van der Waals surface area contributed by atoms with Crippen LogP contribution >= 0.6 is 0 Å². The first-order chi connectivity index (χ1) is 15.6. The lowest BCUT2D eigenvalue weighted by atomic mass is 10.3. The number of carbonyl (C=O) groups is 3. The summed E-state index contributed by atoms with van der Waals surface area (Å²) in [5.74, 6) is 0.148. The molecule has 1 fully saturated rings. The molecule has 4 rings (SSSR count). The summed E-state index contributed by atoms with van der Waals surface area (Å²) in [7, 11) is 0. The van der Waals surface area contributed by atoms with Gasteiger partial charge in [0, 0.05) is 26.2 Å². The molecule has 0 bridgehead atoms. The fraction of sp³-hybridized carbons (Fsp3) is 0.261. The first-order valence-corrected chi connectivity index (χ1v) is 10.1. The van der Waals surface area contributed by atoms with Crippen LogP contribution in [-0.4, -0.2) is 60.4 Å². The van der Waals surface area contributed by atoms with Crippen LogP contribution in [0.15, 0.2) is 69.7 Å². The molecular weight excluding hydrogens is 416 g/mol. The van der Waals surface area contributed by atoms with E-state index in [0.29, 0.717) is 37.7 Å². The van der Waals surface area contributed by atoms with E-state index in [1.165, 1.54) is 12.3 Å². The van der Waals surface area contributed by atoms with Gasteiger partial charge in [0.25, 0.3) is 11.8 Å². The zero-order valence-corrected chi connectivity index (χ0v) is 17.3. The number of ether oxygens (including phenoxy) is 2. The van der Waals surface area contributed by atoms with Crippen molar-refractivity contribution < 1.29 is 32.7 Å². The van der Waals surface area contributed by atoms with E-state index in [2.05, 4.69) is 0 Å². The summed E-state index contributed by atoms with van der Waals surface area (Å²) in [4.78, 5) is 40.0. The quantitative estimate of drug-likeness (QED) is 0.523. The Morgan fingerprint density at radius 2 is 1.59 bits per heavy atom. The Bertz CT molecular complexity index is 1050.